The molecule has 2 heterocycles. The van der Waals surface area contributed by atoms with E-state index in [0.717, 1.165) is 16.6 Å². The number of ether oxygens (including phenoxy) is 1. The highest BCUT2D eigenvalue weighted by atomic mass is 16.5. The molecule has 0 fully saturated rings. The fraction of sp³-hybridized carbons (Fsp3) is 0.269. The Labute approximate surface area is 200 Å². The van der Waals surface area contributed by atoms with E-state index in [1.54, 1.807) is 30.5 Å². The van der Waals surface area contributed by atoms with Gasteiger partial charge in [-0.05, 0) is 67.3 Å². The number of aromatic hydroxyl groups is 1. The highest BCUT2D eigenvalue weighted by Gasteiger charge is 2.26. The molecule has 9 nitrogen and oxygen atoms in total. The summed E-state index contributed by atoms with van der Waals surface area (Å²) in [5.74, 6) is -1.37. The van der Waals surface area contributed by atoms with E-state index < -0.39 is 29.6 Å². The summed E-state index contributed by atoms with van der Waals surface area (Å²) < 4.78 is 11.3. The lowest BCUT2D eigenvalue weighted by molar-refractivity contribution is -0.142. The zero-order chi connectivity index (χ0) is 25.3. The maximum Gasteiger partial charge on any atom is 0.336 e. The number of H-pyrrole nitrogens is 1. The van der Waals surface area contributed by atoms with Gasteiger partial charge >= 0.3 is 11.6 Å². The molecule has 0 aliphatic rings. The Kier molecular flexibility index (Phi) is 6.50. The summed E-state index contributed by atoms with van der Waals surface area (Å²) in [5.41, 5.74) is 2.79. The molecule has 0 spiro atoms. The van der Waals surface area contributed by atoms with Crippen LogP contribution in [-0.2, 0) is 22.4 Å². The van der Waals surface area contributed by atoms with Crippen LogP contribution in [0.25, 0.3) is 21.9 Å². The minimum Gasteiger partial charge on any atom is -0.508 e. The van der Waals surface area contributed by atoms with Gasteiger partial charge in [0, 0.05) is 29.6 Å². The van der Waals surface area contributed by atoms with Crippen molar-refractivity contribution in [2.75, 3.05) is 0 Å². The number of carbonyl (C=O) groups is 2. The van der Waals surface area contributed by atoms with Crippen molar-refractivity contribution >= 4 is 33.7 Å². The summed E-state index contributed by atoms with van der Waals surface area (Å²) in [7, 11) is 0. The first-order valence-corrected chi connectivity index (χ1v) is 11.2. The summed E-state index contributed by atoms with van der Waals surface area (Å²) in [5, 5.41) is 23.3. The van der Waals surface area contributed by atoms with Crippen LogP contribution in [-0.4, -0.2) is 39.2 Å². The molecule has 0 aliphatic heterocycles. The Hall–Kier alpha value is -4.27. The number of phenols is 1. The van der Waals surface area contributed by atoms with E-state index in [1.165, 1.54) is 19.1 Å². The number of amides is 1. The summed E-state index contributed by atoms with van der Waals surface area (Å²) in [4.78, 5) is 39.8. The molecule has 4 N–H and O–H groups in total. The minimum atomic E-state index is -1.21. The first kappa shape index (κ1) is 23.9. The summed E-state index contributed by atoms with van der Waals surface area (Å²) in [6, 6.07) is 8.42. The molecule has 2 aromatic heterocycles. The predicted molar refractivity (Wildman–Crippen MR) is 130 cm³/mol. The van der Waals surface area contributed by atoms with Crippen molar-refractivity contribution in [1.29, 1.82) is 0 Å². The molecular weight excluding hydrogens is 452 g/mol. The van der Waals surface area contributed by atoms with Gasteiger partial charge in [0.25, 0.3) is 5.91 Å². The number of phenolic OH excluding ortho intramolecular Hbond substituents is 1. The lowest BCUT2D eigenvalue weighted by atomic mass is 10.0. The van der Waals surface area contributed by atoms with Crippen molar-refractivity contribution in [3.8, 4) is 11.5 Å². The fourth-order valence-corrected chi connectivity index (χ4v) is 4.13. The first-order valence-electron chi connectivity index (χ1n) is 11.2. The molecule has 0 aliphatic carbocycles. The van der Waals surface area contributed by atoms with E-state index in [2.05, 4.69) is 10.3 Å². The molecule has 0 saturated heterocycles. The second-order valence-electron chi connectivity index (χ2n) is 8.49. The molecule has 0 bridgehead atoms. The van der Waals surface area contributed by atoms with Crippen molar-refractivity contribution in [2.45, 2.75) is 45.8 Å². The Morgan fingerprint density at radius 2 is 1.94 bits per heavy atom. The quantitative estimate of drug-likeness (QED) is 0.284. The van der Waals surface area contributed by atoms with Gasteiger partial charge in [-0.3, -0.25) is 4.79 Å². The van der Waals surface area contributed by atoms with Gasteiger partial charge in [-0.15, -0.1) is 0 Å². The van der Waals surface area contributed by atoms with Gasteiger partial charge in [-0.2, -0.15) is 0 Å². The maximum absolute atomic E-state index is 12.9. The Balaban J connectivity index is 1.56. The molecule has 35 heavy (non-hydrogen) atoms. The number of aryl methyl sites for hydroxylation is 2. The van der Waals surface area contributed by atoms with Crippen molar-refractivity contribution in [2.24, 2.45) is 0 Å². The van der Waals surface area contributed by atoms with E-state index in [-0.39, 0.29) is 12.2 Å². The molecule has 9 heteroatoms. The Bertz CT molecular complexity index is 1480. The second kappa shape index (κ2) is 9.54. The van der Waals surface area contributed by atoms with Gasteiger partial charge in [0.1, 0.15) is 23.1 Å². The second-order valence-corrected chi connectivity index (χ2v) is 8.49. The van der Waals surface area contributed by atoms with Crippen molar-refractivity contribution in [3.05, 3.63) is 69.7 Å². The third kappa shape index (κ3) is 4.98. The Morgan fingerprint density at radius 3 is 2.66 bits per heavy atom. The average molecular weight is 479 g/mol. The number of aromatic nitrogens is 1. The molecule has 0 radical (unpaired) electrons. The van der Waals surface area contributed by atoms with Crippen LogP contribution in [0.5, 0.6) is 11.5 Å². The zero-order valence-corrected chi connectivity index (χ0v) is 19.5. The van der Waals surface area contributed by atoms with E-state index in [0.29, 0.717) is 34.1 Å². The van der Waals surface area contributed by atoms with Gasteiger partial charge in [0.15, 0.2) is 6.10 Å². The van der Waals surface area contributed by atoms with Crippen LogP contribution in [0.4, 0.5) is 0 Å². The minimum absolute atomic E-state index is 0.00968. The molecule has 2 atom stereocenters. The van der Waals surface area contributed by atoms with Gasteiger partial charge in [0.2, 0.25) is 0 Å². The van der Waals surface area contributed by atoms with Crippen LogP contribution < -0.4 is 15.7 Å². The summed E-state index contributed by atoms with van der Waals surface area (Å²) in [6.45, 7) is 5.24. The largest absolute Gasteiger partial charge is 0.508 e. The first-order chi connectivity index (χ1) is 16.7. The van der Waals surface area contributed by atoms with Crippen LogP contribution in [0.1, 0.15) is 30.5 Å². The standard InChI is InChI=1S/C26H26N2O7/c1-4-15-10-23(30)35-22-8-13(2)7-21(24(15)22)34-14(3)25(31)28-20(26(32)33)9-16-12-27-19-6-5-17(29)11-18(16)19/h5-8,10-12,14,20,27,29H,4,9H2,1-3H3,(H,28,31)(H,32,33)/t14-,20-/m1/s1. The van der Waals surface area contributed by atoms with Gasteiger partial charge < -0.3 is 29.7 Å². The number of carboxylic acids is 1. The molecule has 2 aromatic carbocycles. The number of aliphatic carboxylic acids is 1. The number of carboxylic acid groups (broad SMARTS) is 1. The maximum atomic E-state index is 12.9. The van der Waals surface area contributed by atoms with Gasteiger partial charge in [0.05, 0.1) is 5.39 Å². The Morgan fingerprint density at radius 1 is 1.17 bits per heavy atom. The molecule has 182 valence electrons. The number of rotatable bonds is 8. The molecule has 4 rings (SSSR count). The molecule has 1 amide bonds. The number of hydrogen-bond acceptors (Lipinski definition) is 6. The highest BCUT2D eigenvalue weighted by Crippen LogP contribution is 2.31. The number of hydrogen-bond donors (Lipinski definition) is 4. The van der Waals surface area contributed by atoms with Crippen LogP contribution in [0.2, 0.25) is 0 Å². The van der Waals surface area contributed by atoms with Crippen molar-refractivity contribution in [1.82, 2.24) is 10.3 Å². The molecule has 4 aromatic rings. The van der Waals surface area contributed by atoms with E-state index in [1.807, 2.05) is 13.8 Å². The predicted octanol–water partition coefficient (Wildman–Crippen LogP) is 3.43. The third-order valence-electron chi connectivity index (χ3n) is 5.88. The number of carbonyl (C=O) groups excluding carboxylic acids is 1. The normalized spacial score (nSPS) is 13.0. The number of nitrogens with one attached hydrogen (secondary N) is 2. The number of fused-ring (bicyclic) bond motifs is 2. The van der Waals surface area contributed by atoms with E-state index >= 15 is 0 Å². The van der Waals surface area contributed by atoms with Crippen molar-refractivity contribution in [3.63, 3.8) is 0 Å². The third-order valence-corrected chi connectivity index (χ3v) is 5.88. The number of benzene rings is 2. The highest BCUT2D eigenvalue weighted by molar-refractivity contribution is 5.90. The fourth-order valence-electron chi connectivity index (χ4n) is 4.13. The van der Waals surface area contributed by atoms with E-state index in [4.69, 9.17) is 9.15 Å². The summed E-state index contributed by atoms with van der Waals surface area (Å²) >= 11 is 0. The van der Waals surface area contributed by atoms with E-state index in [9.17, 15) is 24.6 Å². The lowest BCUT2D eigenvalue weighted by Gasteiger charge is -2.20. The topological polar surface area (TPSA) is 142 Å². The number of aromatic amines is 1. The molecule has 0 saturated carbocycles. The van der Waals surface area contributed by atoms with Crippen LogP contribution in [0.3, 0.4) is 0 Å². The van der Waals surface area contributed by atoms with Crippen LogP contribution in [0, 0.1) is 6.92 Å². The molecular formula is C26H26N2O7. The molecule has 0 unspecified atom stereocenters. The summed E-state index contributed by atoms with van der Waals surface area (Å²) in [6.07, 6.45) is 1.20. The van der Waals surface area contributed by atoms with Crippen LogP contribution in [0.15, 0.2) is 51.8 Å². The van der Waals surface area contributed by atoms with Crippen molar-refractivity contribution < 1.29 is 29.0 Å². The van der Waals surface area contributed by atoms with Crippen LogP contribution >= 0.6 is 0 Å². The van der Waals surface area contributed by atoms with Gasteiger partial charge in [-0.1, -0.05) is 6.92 Å². The lowest BCUT2D eigenvalue weighted by Crippen LogP contribution is -2.47. The van der Waals surface area contributed by atoms with Gasteiger partial charge in [-0.25, -0.2) is 9.59 Å². The average Bonchev–Trinajstić information content (AvgIpc) is 3.19. The smallest absolute Gasteiger partial charge is 0.336 e. The zero-order valence-electron chi connectivity index (χ0n) is 19.5. The monoisotopic (exact) mass is 478 g/mol. The SMILES string of the molecule is CCc1cc(=O)oc2cc(C)cc(O[C@H](C)C(=O)N[C@H](Cc3c[nH]c4ccc(O)cc34)C(=O)O)c12.